The van der Waals surface area contributed by atoms with E-state index in [2.05, 4.69) is 32.9 Å². The third-order valence-corrected chi connectivity index (χ3v) is 3.42. The first-order valence-electron chi connectivity index (χ1n) is 5.62. The van der Waals surface area contributed by atoms with Crippen LogP contribution in [0.25, 0.3) is 0 Å². The van der Waals surface area contributed by atoms with Gasteiger partial charge in [-0.05, 0) is 29.5 Å². The fraction of sp³-hybridized carbons (Fsp3) is 0.538. The highest BCUT2D eigenvalue weighted by Gasteiger charge is 2.18. The van der Waals surface area contributed by atoms with Gasteiger partial charge in [0.1, 0.15) is 0 Å². The van der Waals surface area contributed by atoms with Gasteiger partial charge in [0.15, 0.2) is 11.5 Å². The van der Waals surface area contributed by atoms with E-state index in [0.717, 1.165) is 11.5 Å². The Balaban J connectivity index is 2.22. The lowest BCUT2D eigenvalue weighted by molar-refractivity contribution is 0.174. The monoisotopic (exact) mass is 206 g/mol. The van der Waals surface area contributed by atoms with Gasteiger partial charge in [-0.1, -0.05) is 33.3 Å². The summed E-state index contributed by atoms with van der Waals surface area (Å²) in [6.07, 6.45) is 1.20. The highest BCUT2D eigenvalue weighted by molar-refractivity contribution is 5.45. The maximum atomic E-state index is 5.38. The van der Waals surface area contributed by atoms with Gasteiger partial charge in [0.05, 0.1) is 0 Å². The molecule has 1 aliphatic rings. The molecule has 0 saturated carbocycles. The predicted octanol–water partition coefficient (Wildman–Crippen LogP) is 3.56. The average Bonchev–Trinajstić information content (AvgIpc) is 2.73. The third-order valence-electron chi connectivity index (χ3n) is 3.42. The molecule has 0 fully saturated rings. The zero-order valence-corrected chi connectivity index (χ0v) is 9.62. The Kier molecular flexibility index (Phi) is 2.85. The second-order valence-corrected chi connectivity index (χ2v) is 4.29. The van der Waals surface area contributed by atoms with Crippen LogP contribution in [0.5, 0.6) is 11.5 Å². The molecular formula is C13H18O2. The summed E-state index contributed by atoms with van der Waals surface area (Å²) in [6.45, 7) is 7.14. The van der Waals surface area contributed by atoms with Crippen molar-refractivity contribution in [3.8, 4) is 11.5 Å². The number of hydrogen-bond acceptors (Lipinski definition) is 2. The zero-order valence-electron chi connectivity index (χ0n) is 9.62. The van der Waals surface area contributed by atoms with Crippen molar-refractivity contribution >= 4 is 0 Å². The Labute approximate surface area is 91.2 Å². The molecule has 0 N–H and O–H groups in total. The summed E-state index contributed by atoms with van der Waals surface area (Å²) in [5, 5.41) is 0. The molecule has 2 atom stereocenters. The van der Waals surface area contributed by atoms with Crippen molar-refractivity contribution in [2.75, 3.05) is 6.79 Å². The molecule has 1 aliphatic heterocycles. The van der Waals surface area contributed by atoms with Crippen molar-refractivity contribution in [1.82, 2.24) is 0 Å². The summed E-state index contributed by atoms with van der Waals surface area (Å²) < 4.78 is 10.7. The van der Waals surface area contributed by atoms with E-state index in [0.29, 0.717) is 18.6 Å². The van der Waals surface area contributed by atoms with E-state index >= 15 is 0 Å². The highest BCUT2D eigenvalue weighted by atomic mass is 16.7. The number of fused-ring (bicyclic) bond motifs is 1. The minimum atomic E-state index is 0.358. The Morgan fingerprint density at radius 3 is 2.67 bits per heavy atom. The van der Waals surface area contributed by atoms with Gasteiger partial charge < -0.3 is 9.47 Å². The number of benzene rings is 1. The van der Waals surface area contributed by atoms with Crippen molar-refractivity contribution < 1.29 is 9.47 Å². The lowest BCUT2D eigenvalue weighted by Gasteiger charge is -2.18. The van der Waals surface area contributed by atoms with Crippen molar-refractivity contribution in [3.63, 3.8) is 0 Å². The van der Waals surface area contributed by atoms with Gasteiger partial charge in [0.25, 0.3) is 0 Å². The second-order valence-electron chi connectivity index (χ2n) is 4.29. The van der Waals surface area contributed by atoms with Crippen LogP contribution < -0.4 is 9.47 Å². The third kappa shape index (κ3) is 1.94. The number of ether oxygens (including phenoxy) is 2. The first kappa shape index (κ1) is 10.3. The SMILES string of the molecule is CCC(C)C(C)c1ccc2c(c1)OCO2. The summed E-state index contributed by atoms with van der Waals surface area (Å²) in [5.41, 5.74) is 1.34. The van der Waals surface area contributed by atoms with Crippen molar-refractivity contribution in [3.05, 3.63) is 23.8 Å². The maximum absolute atomic E-state index is 5.38. The van der Waals surface area contributed by atoms with Crippen LogP contribution in [0.2, 0.25) is 0 Å². The Morgan fingerprint density at radius 2 is 1.93 bits per heavy atom. The van der Waals surface area contributed by atoms with E-state index in [1.54, 1.807) is 0 Å². The quantitative estimate of drug-likeness (QED) is 0.752. The standard InChI is InChI=1S/C13H18O2/c1-4-9(2)10(3)11-5-6-12-13(7-11)15-8-14-12/h5-7,9-10H,4,8H2,1-3H3. The molecule has 0 spiro atoms. The summed E-state index contributed by atoms with van der Waals surface area (Å²) in [7, 11) is 0. The molecular weight excluding hydrogens is 188 g/mol. The first-order valence-corrected chi connectivity index (χ1v) is 5.62. The van der Waals surface area contributed by atoms with Crippen LogP contribution in [-0.2, 0) is 0 Å². The summed E-state index contributed by atoms with van der Waals surface area (Å²) in [5.74, 6) is 3.03. The van der Waals surface area contributed by atoms with Crippen LogP contribution in [0.4, 0.5) is 0 Å². The van der Waals surface area contributed by atoms with Crippen LogP contribution in [0.1, 0.15) is 38.7 Å². The highest BCUT2D eigenvalue weighted by Crippen LogP contribution is 2.36. The molecule has 2 heteroatoms. The normalized spacial score (nSPS) is 17.5. The van der Waals surface area contributed by atoms with E-state index in [4.69, 9.17) is 9.47 Å². The van der Waals surface area contributed by atoms with Crippen LogP contribution in [0, 0.1) is 5.92 Å². The molecule has 0 bridgehead atoms. The molecule has 2 nitrogen and oxygen atoms in total. The van der Waals surface area contributed by atoms with Crippen LogP contribution in [0.3, 0.4) is 0 Å². The topological polar surface area (TPSA) is 18.5 Å². The van der Waals surface area contributed by atoms with E-state index in [1.165, 1.54) is 12.0 Å². The Hall–Kier alpha value is -1.18. The van der Waals surface area contributed by atoms with Gasteiger partial charge in [-0.25, -0.2) is 0 Å². The van der Waals surface area contributed by atoms with E-state index in [1.807, 2.05) is 6.07 Å². The van der Waals surface area contributed by atoms with Crippen molar-refractivity contribution in [2.24, 2.45) is 5.92 Å². The Bertz CT molecular complexity index is 346. The molecule has 15 heavy (non-hydrogen) atoms. The van der Waals surface area contributed by atoms with Crippen LogP contribution >= 0.6 is 0 Å². The molecule has 0 aromatic heterocycles. The molecule has 0 amide bonds. The Morgan fingerprint density at radius 1 is 1.20 bits per heavy atom. The van der Waals surface area contributed by atoms with E-state index in [9.17, 15) is 0 Å². The van der Waals surface area contributed by atoms with Gasteiger partial charge in [-0.15, -0.1) is 0 Å². The molecule has 1 aromatic carbocycles. The minimum absolute atomic E-state index is 0.358. The molecule has 0 saturated heterocycles. The average molecular weight is 206 g/mol. The van der Waals surface area contributed by atoms with Gasteiger partial charge in [0.2, 0.25) is 6.79 Å². The second kappa shape index (κ2) is 4.13. The first-order chi connectivity index (χ1) is 7.22. The molecule has 2 rings (SSSR count). The fourth-order valence-corrected chi connectivity index (χ4v) is 1.88. The molecule has 2 unspecified atom stereocenters. The van der Waals surface area contributed by atoms with E-state index < -0.39 is 0 Å². The van der Waals surface area contributed by atoms with Crippen molar-refractivity contribution in [1.29, 1.82) is 0 Å². The molecule has 0 aliphatic carbocycles. The smallest absolute Gasteiger partial charge is 0.231 e. The molecule has 1 aromatic rings. The lowest BCUT2D eigenvalue weighted by atomic mass is 9.87. The minimum Gasteiger partial charge on any atom is -0.454 e. The van der Waals surface area contributed by atoms with Crippen LogP contribution in [-0.4, -0.2) is 6.79 Å². The molecule has 0 radical (unpaired) electrons. The van der Waals surface area contributed by atoms with E-state index in [-0.39, 0.29) is 0 Å². The summed E-state index contributed by atoms with van der Waals surface area (Å²) in [4.78, 5) is 0. The lowest BCUT2D eigenvalue weighted by Crippen LogP contribution is -2.04. The zero-order chi connectivity index (χ0) is 10.8. The molecule has 82 valence electrons. The summed E-state index contributed by atoms with van der Waals surface area (Å²) >= 11 is 0. The van der Waals surface area contributed by atoms with Crippen LogP contribution in [0.15, 0.2) is 18.2 Å². The number of rotatable bonds is 3. The molecule has 1 heterocycles. The predicted molar refractivity (Wildman–Crippen MR) is 60.4 cm³/mol. The maximum Gasteiger partial charge on any atom is 0.231 e. The number of hydrogen-bond donors (Lipinski definition) is 0. The van der Waals surface area contributed by atoms with Gasteiger partial charge in [-0.2, -0.15) is 0 Å². The fourth-order valence-electron chi connectivity index (χ4n) is 1.88. The van der Waals surface area contributed by atoms with Gasteiger partial charge in [-0.3, -0.25) is 0 Å². The van der Waals surface area contributed by atoms with Crippen molar-refractivity contribution in [2.45, 2.75) is 33.1 Å². The van der Waals surface area contributed by atoms with Gasteiger partial charge >= 0.3 is 0 Å². The summed E-state index contributed by atoms with van der Waals surface area (Å²) in [6, 6.07) is 6.26. The largest absolute Gasteiger partial charge is 0.454 e. The van der Waals surface area contributed by atoms with Gasteiger partial charge in [0, 0.05) is 0 Å².